The predicted molar refractivity (Wildman–Crippen MR) is 135 cm³/mol. The Bertz CT molecular complexity index is 875. The van der Waals surface area contributed by atoms with Gasteiger partial charge in [0.05, 0.1) is 16.8 Å². The SMILES string of the molecule is C[C@H]1C[C@@H]2[C@]34CCC=C[C@H]3C[C@](CI)(C[C@@]2(O[Si](C)(C)C)C1=Cc1ccccc1)O4. The van der Waals surface area contributed by atoms with Gasteiger partial charge in [0.25, 0.3) is 0 Å². The fraction of sp³-hybridized carbons (Fsp3) is 0.615. The highest BCUT2D eigenvalue weighted by Crippen LogP contribution is 2.69. The molecule has 4 aliphatic rings. The van der Waals surface area contributed by atoms with Crippen LogP contribution in [0.4, 0.5) is 0 Å². The van der Waals surface area contributed by atoms with Crippen molar-refractivity contribution in [2.75, 3.05) is 4.43 Å². The van der Waals surface area contributed by atoms with Crippen LogP contribution < -0.4 is 0 Å². The quantitative estimate of drug-likeness (QED) is 0.179. The highest BCUT2D eigenvalue weighted by molar-refractivity contribution is 14.1. The maximum Gasteiger partial charge on any atom is 0.184 e. The molecule has 2 aliphatic carbocycles. The average Bonchev–Trinajstić information content (AvgIpc) is 3.13. The zero-order chi connectivity index (χ0) is 21.2. The summed E-state index contributed by atoms with van der Waals surface area (Å²) in [4.78, 5) is 0. The average molecular weight is 535 g/mol. The van der Waals surface area contributed by atoms with Gasteiger partial charge in [-0.05, 0) is 62.4 Å². The highest BCUT2D eigenvalue weighted by Gasteiger charge is 2.72. The molecule has 4 heteroatoms. The summed E-state index contributed by atoms with van der Waals surface area (Å²) >= 11 is 2.58. The Morgan fingerprint density at radius 1 is 1.23 bits per heavy atom. The van der Waals surface area contributed by atoms with Crippen LogP contribution in [0, 0.1) is 17.8 Å². The van der Waals surface area contributed by atoms with Crippen molar-refractivity contribution in [2.45, 2.75) is 75.5 Å². The normalized spacial score (nSPS) is 43.6. The van der Waals surface area contributed by atoms with Crippen molar-refractivity contribution in [2.24, 2.45) is 17.8 Å². The van der Waals surface area contributed by atoms with Gasteiger partial charge in [0.2, 0.25) is 0 Å². The number of hydrogen-bond acceptors (Lipinski definition) is 2. The summed E-state index contributed by atoms with van der Waals surface area (Å²) in [5.41, 5.74) is 2.56. The zero-order valence-corrected chi connectivity index (χ0v) is 21.9. The Balaban J connectivity index is 1.70. The summed E-state index contributed by atoms with van der Waals surface area (Å²) in [6.45, 7) is 9.53. The molecule has 0 unspecified atom stereocenters. The molecule has 2 heterocycles. The molecule has 1 saturated carbocycles. The van der Waals surface area contributed by atoms with Crippen LogP contribution in [0.3, 0.4) is 0 Å². The standard InChI is InChI=1S/C26H35IO2Si/c1-19-14-23-25-13-9-8-12-21(25)16-24(18-27,28-25)17-26(23,29-30(2,3)4)22(19)15-20-10-6-5-7-11-20/h5-8,10-12,15,19,21,23H,9,13-14,16-18H2,1-4H3/t19-,21-,23+,24+,25-,26+/m0/s1. The fourth-order valence-corrected chi connectivity index (χ4v) is 9.33. The maximum absolute atomic E-state index is 7.36. The number of hydrogen-bond donors (Lipinski definition) is 0. The van der Waals surface area contributed by atoms with Gasteiger partial charge in [-0.1, -0.05) is 78.1 Å². The highest BCUT2D eigenvalue weighted by atomic mass is 127. The van der Waals surface area contributed by atoms with Crippen molar-refractivity contribution in [3.63, 3.8) is 0 Å². The first-order chi connectivity index (χ1) is 14.2. The molecule has 0 amide bonds. The molecule has 6 atom stereocenters. The van der Waals surface area contributed by atoms with E-state index in [2.05, 4.69) is 97.7 Å². The molecule has 0 aromatic heterocycles. The van der Waals surface area contributed by atoms with E-state index in [9.17, 15) is 0 Å². The molecule has 0 radical (unpaired) electrons. The van der Waals surface area contributed by atoms with Crippen LogP contribution in [-0.2, 0) is 9.16 Å². The van der Waals surface area contributed by atoms with Crippen molar-refractivity contribution in [1.29, 1.82) is 0 Å². The summed E-state index contributed by atoms with van der Waals surface area (Å²) in [5.74, 6) is 1.53. The van der Waals surface area contributed by atoms with Crippen LogP contribution in [0.15, 0.2) is 48.1 Å². The van der Waals surface area contributed by atoms with Crippen molar-refractivity contribution in [3.8, 4) is 0 Å². The van der Waals surface area contributed by atoms with Crippen molar-refractivity contribution in [1.82, 2.24) is 0 Å². The number of benzene rings is 1. The summed E-state index contributed by atoms with van der Waals surface area (Å²) < 4.78 is 15.6. The molecule has 2 nitrogen and oxygen atoms in total. The van der Waals surface area contributed by atoms with Crippen LogP contribution in [0.1, 0.15) is 44.6 Å². The van der Waals surface area contributed by atoms with Gasteiger partial charge in [0, 0.05) is 22.7 Å². The molecule has 2 bridgehead atoms. The topological polar surface area (TPSA) is 18.5 Å². The molecular weight excluding hydrogens is 499 g/mol. The van der Waals surface area contributed by atoms with Gasteiger partial charge in [-0.25, -0.2) is 0 Å². The van der Waals surface area contributed by atoms with Crippen LogP contribution in [0.5, 0.6) is 0 Å². The monoisotopic (exact) mass is 534 g/mol. The number of alkyl halides is 1. The minimum atomic E-state index is -1.78. The van der Waals surface area contributed by atoms with E-state index >= 15 is 0 Å². The van der Waals surface area contributed by atoms with E-state index in [0.29, 0.717) is 17.8 Å². The number of ether oxygens (including phenoxy) is 1. The smallest absolute Gasteiger partial charge is 0.184 e. The predicted octanol–water partition coefficient (Wildman–Crippen LogP) is 7.02. The minimum absolute atomic E-state index is 0.0433. The third-order valence-corrected chi connectivity index (χ3v) is 10.3. The summed E-state index contributed by atoms with van der Waals surface area (Å²) in [6, 6.07) is 10.9. The number of halogens is 1. The van der Waals surface area contributed by atoms with Gasteiger partial charge < -0.3 is 9.16 Å². The lowest BCUT2D eigenvalue weighted by atomic mass is 9.66. The van der Waals surface area contributed by atoms with Gasteiger partial charge in [-0.15, -0.1) is 0 Å². The van der Waals surface area contributed by atoms with E-state index in [0.717, 1.165) is 30.1 Å². The second-order valence-electron chi connectivity index (χ2n) is 11.1. The number of rotatable bonds is 4. The first-order valence-electron chi connectivity index (χ1n) is 11.6. The molecule has 1 spiro atoms. The molecule has 2 aliphatic heterocycles. The van der Waals surface area contributed by atoms with Gasteiger partial charge in [0.1, 0.15) is 0 Å². The third kappa shape index (κ3) is 3.23. The molecule has 1 aromatic rings. The Labute approximate surface area is 196 Å². The lowest BCUT2D eigenvalue weighted by Crippen LogP contribution is -2.63. The molecular formula is C26H35IO2Si. The van der Waals surface area contributed by atoms with E-state index in [4.69, 9.17) is 9.16 Å². The van der Waals surface area contributed by atoms with Crippen LogP contribution in [0.2, 0.25) is 19.6 Å². The summed E-state index contributed by atoms with van der Waals surface area (Å²) in [6.07, 6.45) is 13.0. The number of fused-ring (bicyclic) bond motifs is 2. The lowest BCUT2D eigenvalue weighted by Gasteiger charge is -2.56. The molecule has 3 fully saturated rings. The van der Waals surface area contributed by atoms with Crippen molar-refractivity contribution < 1.29 is 9.16 Å². The van der Waals surface area contributed by atoms with E-state index in [1.54, 1.807) is 0 Å². The molecule has 30 heavy (non-hydrogen) atoms. The number of allylic oxidation sites excluding steroid dienone is 1. The van der Waals surface area contributed by atoms with Gasteiger partial charge >= 0.3 is 0 Å². The zero-order valence-electron chi connectivity index (χ0n) is 18.8. The first-order valence-corrected chi connectivity index (χ1v) is 16.6. The van der Waals surface area contributed by atoms with Crippen LogP contribution in [0.25, 0.3) is 6.08 Å². The summed E-state index contributed by atoms with van der Waals surface area (Å²) in [7, 11) is -1.78. The van der Waals surface area contributed by atoms with E-state index < -0.39 is 8.32 Å². The van der Waals surface area contributed by atoms with Crippen LogP contribution in [-0.4, -0.2) is 29.5 Å². The third-order valence-electron chi connectivity index (χ3n) is 7.90. The van der Waals surface area contributed by atoms with Crippen LogP contribution >= 0.6 is 22.6 Å². The minimum Gasteiger partial charge on any atom is -0.408 e. The van der Waals surface area contributed by atoms with Gasteiger partial charge in [-0.2, -0.15) is 0 Å². The second kappa shape index (κ2) is 7.29. The van der Waals surface area contributed by atoms with Crippen molar-refractivity contribution >= 4 is 37.0 Å². The lowest BCUT2D eigenvalue weighted by molar-refractivity contribution is -0.221. The molecule has 0 N–H and O–H groups in total. The Morgan fingerprint density at radius 2 is 2.00 bits per heavy atom. The van der Waals surface area contributed by atoms with E-state index in [-0.39, 0.29) is 16.8 Å². The Hall–Kier alpha value is -0.433. The Kier molecular flexibility index (Phi) is 5.20. The van der Waals surface area contributed by atoms with Gasteiger partial charge in [0.15, 0.2) is 8.32 Å². The Morgan fingerprint density at radius 3 is 2.70 bits per heavy atom. The van der Waals surface area contributed by atoms with E-state index in [1.165, 1.54) is 17.6 Å². The second-order valence-corrected chi connectivity index (χ2v) is 16.3. The maximum atomic E-state index is 7.36. The molecule has 1 aromatic carbocycles. The molecule has 162 valence electrons. The molecule has 2 saturated heterocycles. The van der Waals surface area contributed by atoms with Gasteiger partial charge in [-0.3, -0.25) is 0 Å². The first kappa shape index (κ1) is 21.4. The largest absolute Gasteiger partial charge is 0.408 e. The molecule has 5 rings (SSSR count). The van der Waals surface area contributed by atoms with E-state index in [1.807, 2.05) is 0 Å². The van der Waals surface area contributed by atoms with Crippen molar-refractivity contribution in [3.05, 3.63) is 53.6 Å². The fourth-order valence-electron chi connectivity index (χ4n) is 7.16. The summed E-state index contributed by atoms with van der Waals surface area (Å²) in [5, 5.41) is 0.